The molecule has 1 atom stereocenters. The number of hydrogen-bond acceptors (Lipinski definition) is 5. The first kappa shape index (κ1) is 25.2. The number of hydrogen-bond donors (Lipinski definition) is 2. The quantitative estimate of drug-likeness (QED) is 0.397. The van der Waals surface area contributed by atoms with Crippen molar-refractivity contribution in [3.63, 3.8) is 0 Å². The van der Waals surface area contributed by atoms with Gasteiger partial charge in [0.15, 0.2) is 5.60 Å². The van der Waals surface area contributed by atoms with Gasteiger partial charge in [-0.3, -0.25) is 0 Å². The Bertz CT molecular complexity index is 1290. The van der Waals surface area contributed by atoms with Crippen molar-refractivity contribution in [1.82, 2.24) is 9.97 Å². The van der Waals surface area contributed by atoms with Gasteiger partial charge >= 0.3 is 5.97 Å². The summed E-state index contributed by atoms with van der Waals surface area (Å²) in [5, 5.41) is 11.5. The molecule has 0 bridgehead atoms. The number of nitrogens with one attached hydrogen (secondary N) is 1. The number of methoxy groups -OCH3 is 1. The van der Waals surface area contributed by atoms with Crippen LogP contribution in [0.5, 0.6) is 5.75 Å². The monoisotopic (exact) mass is 478 g/mol. The second-order valence-electron chi connectivity index (χ2n) is 11.2. The number of aromatic nitrogens is 2. The lowest BCUT2D eigenvalue weighted by Crippen LogP contribution is -2.46. The van der Waals surface area contributed by atoms with Crippen LogP contribution < -0.4 is 0 Å². The zero-order valence-corrected chi connectivity index (χ0v) is 22.5. The molecule has 3 aromatic rings. The predicted octanol–water partition coefficient (Wildman–Crippen LogP) is 6.46. The van der Waals surface area contributed by atoms with Crippen molar-refractivity contribution in [3.8, 4) is 16.9 Å². The number of benzene rings is 1. The lowest BCUT2D eigenvalue weighted by molar-refractivity contribution is -0.194. The molecule has 1 aliphatic rings. The minimum absolute atomic E-state index is 0.280. The van der Waals surface area contributed by atoms with Crippen molar-refractivity contribution in [2.45, 2.75) is 85.9 Å². The van der Waals surface area contributed by atoms with Crippen molar-refractivity contribution in [1.29, 1.82) is 0 Å². The Labute approximate surface area is 208 Å². The van der Waals surface area contributed by atoms with Crippen molar-refractivity contribution in [2.75, 3.05) is 7.11 Å². The van der Waals surface area contributed by atoms with Crippen LogP contribution in [-0.2, 0) is 19.9 Å². The number of esters is 1. The zero-order chi connectivity index (χ0) is 25.9. The van der Waals surface area contributed by atoms with Crippen LogP contribution in [0, 0.1) is 40.5 Å². The van der Waals surface area contributed by atoms with Gasteiger partial charge in [-0.05, 0) is 102 Å². The molecule has 0 saturated heterocycles. The number of carbonyl (C=O) groups is 1. The molecule has 6 heteroatoms. The highest BCUT2D eigenvalue weighted by atomic mass is 16.6. The smallest absolute Gasteiger partial charge is 0.342 e. The number of aryl methyl sites for hydroxylation is 5. The number of fused-ring (bicyclic) bond motifs is 1. The zero-order valence-electron chi connectivity index (χ0n) is 22.5. The first-order chi connectivity index (χ1) is 16.3. The highest BCUT2D eigenvalue weighted by Gasteiger charge is 2.52. The van der Waals surface area contributed by atoms with E-state index in [-0.39, 0.29) is 5.75 Å². The van der Waals surface area contributed by atoms with E-state index >= 15 is 0 Å². The van der Waals surface area contributed by atoms with Crippen molar-refractivity contribution in [3.05, 3.63) is 45.8 Å². The Morgan fingerprint density at radius 2 is 1.71 bits per heavy atom. The molecule has 0 unspecified atom stereocenters. The molecule has 0 radical (unpaired) electrons. The fourth-order valence-corrected chi connectivity index (χ4v) is 5.34. The molecular formula is C29H38N2O4. The fourth-order valence-electron chi connectivity index (χ4n) is 5.34. The van der Waals surface area contributed by atoms with Gasteiger partial charge in [-0.25, -0.2) is 9.78 Å². The minimum atomic E-state index is -1.31. The maximum absolute atomic E-state index is 13.8. The summed E-state index contributed by atoms with van der Waals surface area (Å²) in [5.74, 6) is 0.265. The molecule has 1 saturated carbocycles. The van der Waals surface area contributed by atoms with Crippen LogP contribution >= 0.6 is 0 Å². The number of carbonyl (C=O) groups excluding carboxylic acids is 1. The highest BCUT2D eigenvalue weighted by molar-refractivity contribution is 6.01. The first-order valence-electron chi connectivity index (χ1n) is 12.4. The molecule has 2 aromatic heterocycles. The molecule has 2 heterocycles. The molecule has 6 nitrogen and oxygen atoms in total. The minimum Gasteiger partial charge on any atom is -0.507 e. The number of nitrogens with zero attached hydrogens (tertiary/aromatic N) is 1. The van der Waals surface area contributed by atoms with E-state index in [1.807, 2.05) is 60.6 Å². The van der Waals surface area contributed by atoms with Gasteiger partial charge in [0.25, 0.3) is 0 Å². The second kappa shape index (κ2) is 8.66. The number of aromatic amines is 1. The van der Waals surface area contributed by atoms with Crippen LogP contribution in [0.2, 0.25) is 0 Å². The van der Waals surface area contributed by atoms with Gasteiger partial charge in [-0.1, -0.05) is 12.8 Å². The summed E-state index contributed by atoms with van der Waals surface area (Å²) in [4.78, 5) is 22.2. The summed E-state index contributed by atoms with van der Waals surface area (Å²) < 4.78 is 12.2. The molecule has 0 amide bonds. The van der Waals surface area contributed by atoms with Crippen molar-refractivity contribution >= 4 is 17.0 Å². The van der Waals surface area contributed by atoms with Crippen LogP contribution in [0.25, 0.3) is 22.2 Å². The molecule has 1 fully saturated rings. The van der Waals surface area contributed by atoms with Gasteiger partial charge in [0, 0.05) is 27.9 Å². The highest BCUT2D eigenvalue weighted by Crippen LogP contribution is 2.51. The Hall–Kier alpha value is -2.86. The van der Waals surface area contributed by atoms with Crippen LogP contribution in [-0.4, -0.2) is 33.8 Å². The standard InChI is InChI=1S/C29H38N2O4/c1-15-12-21(13-16(2)25(15)32)23-22-17(3)18(4)30-26(22)31-19(5)24(23)29(27(33)34-9,14-20-10-11-20)35-28(6,7)8/h12-13,20,32H,10-11,14H2,1-9H3,(H,30,31)/t29-/m0/s1. The maximum Gasteiger partial charge on any atom is 0.342 e. The number of rotatable bonds is 6. The number of aromatic hydroxyl groups is 1. The second-order valence-corrected chi connectivity index (χ2v) is 11.2. The topological polar surface area (TPSA) is 84.4 Å². The number of phenolic OH excluding ortho intramolecular Hbond substituents is 1. The van der Waals surface area contributed by atoms with E-state index in [1.54, 1.807) is 0 Å². The SMILES string of the molecule is COC(=O)[C@@](CC1CC1)(OC(C)(C)C)c1c(C)nc2[nH]c(C)c(C)c2c1-c1cc(C)c(O)c(C)c1. The third kappa shape index (κ3) is 4.44. The first-order valence-corrected chi connectivity index (χ1v) is 12.4. The molecule has 2 N–H and O–H groups in total. The molecule has 1 aromatic carbocycles. The summed E-state index contributed by atoms with van der Waals surface area (Å²) in [7, 11) is 1.43. The summed E-state index contributed by atoms with van der Waals surface area (Å²) in [6, 6.07) is 3.97. The van der Waals surface area contributed by atoms with Crippen molar-refractivity contribution in [2.24, 2.45) is 5.92 Å². The van der Waals surface area contributed by atoms with E-state index in [0.717, 1.165) is 68.6 Å². The summed E-state index contributed by atoms with van der Waals surface area (Å²) in [6.45, 7) is 15.8. The summed E-state index contributed by atoms with van der Waals surface area (Å²) >= 11 is 0. The molecule has 188 valence electrons. The lowest BCUT2D eigenvalue weighted by Gasteiger charge is -2.39. The average molecular weight is 479 g/mol. The summed E-state index contributed by atoms with van der Waals surface area (Å²) in [5.41, 5.74) is 5.84. The van der Waals surface area contributed by atoms with Gasteiger partial charge < -0.3 is 19.6 Å². The largest absolute Gasteiger partial charge is 0.507 e. The predicted molar refractivity (Wildman–Crippen MR) is 139 cm³/mol. The maximum atomic E-state index is 13.8. The van der Waals surface area contributed by atoms with Crippen LogP contribution in [0.1, 0.15) is 73.7 Å². The normalized spacial score (nSPS) is 15.9. The lowest BCUT2D eigenvalue weighted by atomic mass is 9.79. The Balaban J connectivity index is 2.20. The van der Waals surface area contributed by atoms with Gasteiger partial charge in [0.1, 0.15) is 11.4 Å². The number of phenols is 1. The number of H-pyrrole nitrogens is 1. The van der Waals surface area contributed by atoms with Crippen LogP contribution in [0.4, 0.5) is 0 Å². The molecular weight excluding hydrogens is 440 g/mol. The van der Waals surface area contributed by atoms with Gasteiger partial charge in [-0.15, -0.1) is 0 Å². The Morgan fingerprint density at radius 3 is 2.23 bits per heavy atom. The summed E-state index contributed by atoms with van der Waals surface area (Å²) in [6.07, 6.45) is 2.67. The van der Waals surface area contributed by atoms with E-state index in [0.29, 0.717) is 12.3 Å². The average Bonchev–Trinajstić information content (AvgIpc) is 3.52. The number of ether oxygens (including phenoxy) is 2. The molecule has 0 spiro atoms. The van der Waals surface area contributed by atoms with E-state index in [4.69, 9.17) is 14.5 Å². The van der Waals surface area contributed by atoms with Gasteiger partial charge in [-0.2, -0.15) is 0 Å². The van der Waals surface area contributed by atoms with Crippen molar-refractivity contribution < 1.29 is 19.4 Å². The Kier molecular flexibility index (Phi) is 6.25. The van der Waals surface area contributed by atoms with E-state index in [9.17, 15) is 9.90 Å². The van der Waals surface area contributed by atoms with Crippen LogP contribution in [0.3, 0.4) is 0 Å². The van der Waals surface area contributed by atoms with Gasteiger partial charge in [0.2, 0.25) is 0 Å². The van der Waals surface area contributed by atoms with E-state index in [2.05, 4.69) is 11.9 Å². The fraction of sp³-hybridized carbons (Fsp3) is 0.517. The molecule has 35 heavy (non-hydrogen) atoms. The van der Waals surface area contributed by atoms with E-state index in [1.165, 1.54) is 7.11 Å². The molecule has 4 rings (SSSR count). The molecule has 0 aliphatic heterocycles. The third-order valence-electron chi connectivity index (χ3n) is 7.07. The molecule has 1 aliphatic carbocycles. The Morgan fingerprint density at radius 1 is 1.11 bits per heavy atom. The number of pyridine rings is 1. The van der Waals surface area contributed by atoms with Gasteiger partial charge in [0.05, 0.1) is 12.7 Å². The third-order valence-corrected chi connectivity index (χ3v) is 7.07. The van der Waals surface area contributed by atoms with Crippen LogP contribution in [0.15, 0.2) is 12.1 Å². The van der Waals surface area contributed by atoms with E-state index < -0.39 is 17.2 Å².